The van der Waals surface area contributed by atoms with Crippen molar-refractivity contribution >= 4 is 128 Å². The number of aliphatic hydroxyl groups is 2. The molecule has 1 unspecified atom stereocenters. The minimum absolute atomic E-state index is 0.0485. The predicted molar refractivity (Wildman–Crippen MR) is 205 cm³/mol. The summed E-state index contributed by atoms with van der Waals surface area (Å²) in [4.78, 5) is 33.6. The molecule has 0 aliphatic rings. The highest BCUT2D eigenvalue weighted by molar-refractivity contribution is 8.18. The van der Waals surface area contributed by atoms with Gasteiger partial charge in [0.05, 0.1) is 31.5 Å². The third kappa shape index (κ3) is 38.8. The molecule has 0 aliphatic carbocycles. The van der Waals surface area contributed by atoms with Crippen LogP contribution >= 0.6 is 106 Å². The van der Waals surface area contributed by atoms with Crippen LogP contribution in [0.15, 0.2) is 0 Å². The van der Waals surface area contributed by atoms with Crippen LogP contribution in [0, 0.1) is 0 Å². The van der Waals surface area contributed by atoms with Gasteiger partial charge in [-0.05, 0) is 17.9 Å². The lowest BCUT2D eigenvalue weighted by Crippen LogP contribution is -2.13. The van der Waals surface area contributed by atoms with E-state index in [0.717, 1.165) is 85.6 Å². The van der Waals surface area contributed by atoms with E-state index < -0.39 is 11.2 Å². The maximum atomic E-state index is 12.2. The predicted octanol–water partition coefficient (Wildman–Crippen LogP) is 5.68. The first kappa shape index (κ1) is 45.4. The molecule has 0 aliphatic heterocycles. The molecule has 0 saturated heterocycles. The Morgan fingerprint density at radius 3 is 1.88 bits per heavy atom. The van der Waals surface area contributed by atoms with Gasteiger partial charge in [-0.15, -0.1) is 35.3 Å². The van der Waals surface area contributed by atoms with Crippen LogP contribution < -0.4 is 0 Å². The molecular formula is C25H48O8S10. The molecule has 43 heavy (non-hydrogen) atoms. The van der Waals surface area contributed by atoms with Crippen LogP contribution in [0.3, 0.4) is 0 Å². The fraction of sp³-hybridized carbons (Fsp3) is 0.920. The second kappa shape index (κ2) is 38.9. The first-order valence-corrected chi connectivity index (χ1v) is 25.6. The molecule has 0 fully saturated rings. The van der Waals surface area contributed by atoms with E-state index in [0.29, 0.717) is 38.4 Å². The summed E-state index contributed by atoms with van der Waals surface area (Å²) in [6.07, 6.45) is 2.90. The Kier molecular flexibility index (Phi) is 41.1. The standard InChI is InChI=1S/C25H48O8S10/c26-19-34-12-6-31-24(28)3-10-38-22-37-9-2-17-43(30)18-16-41-23-40-14-15-42-25(29)4-11-39-21-36-8-1-5-32-33-7-13-35-20-27/h26-27H,1-23H2. The molecule has 0 aromatic heterocycles. The Morgan fingerprint density at radius 2 is 1.16 bits per heavy atom. The van der Waals surface area contributed by atoms with Gasteiger partial charge in [0.2, 0.25) is 0 Å². The molecular weight excluding hydrogens is 749 g/mol. The van der Waals surface area contributed by atoms with Crippen molar-refractivity contribution in [2.24, 2.45) is 0 Å². The monoisotopic (exact) mass is 796 g/mol. The zero-order chi connectivity index (χ0) is 31.5. The van der Waals surface area contributed by atoms with Gasteiger partial charge in [-0.1, -0.05) is 22.9 Å². The van der Waals surface area contributed by atoms with E-state index in [1.165, 1.54) is 35.3 Å². The van der Waals surface area contributed by atoms with Gasteiger partial charge < -0.3 is 19.5 Å². The fourth-order valence-corrected chi connectivity index (χ4v) is 12.2. The lowest BCUT2D eigenvalue weighted by molar-refractivity contribution is -0.289. The highest BCUT2D eigenvalue weighted by atomic mass is 32.2. The molecule has 0 radical (unpaired) electrons. The van der Waals surface area contributed by atoms with Gasteiger partial charge in [-0.25, -0.2) is 9.78 Å². The zero-order valence-electron chi connectivity index (χ0n) is 24.7. The maximum Gasteiger partial charge on any atom is 0.306 e. The molecule has 2 N–H and O–H groups in total. The minimum Gasteiger partial charge on any atom is -0.616 e. The van der Waals surface area contributed by atoms with E-state index in [1.54, 1.807) is 23.5 Å². The number of ether oxygens (including phenoxy) is 1. The summed E-state index contributed by atoms with van der Waals surface area (Å²) in [5.41, 5.74) is 0. The van der Waals surface area contributed by atoms with E-state index in [9.17, 15) is 14.1 Å². The normalized spacial score (nSPS) is 12.1. The molecule has 1 atom stereocenters. The number of carbonyl (C=O) groups is 2. The molecule has 0 amide bonds. The summed E-state index contributed by atoms with van der Waals surface area (Å²) in [5, 5.41) is 20.5. The van der Waals surface area contributed by atoms with Crippen LogP contribution in [0.2, 0.25) is 0 Å². The maximum absolute atomic E-state index is 12.2. The molecule has 0 aromatic rings. The molecule has 256 valence electrons. The SMILES string of the molecule is O=C(CCSCSCCC[S+]([O-])CCSCSCCSC(=O)CCSCSCCCOOCCSCO)OCCSCO. The summed E-state index contributed by atoms with van der Waals surface area (Å²) in [6, 6.07) is 0. The van der Waals surface area contributed by atoms with Crippen molar-refractivity contribution in [1.82, 2.24) is 0 Å². The van der Waals surface area contributed by atoms with Gasteiger partial charge in [-0.2, -0.15) is 58.8 Å². The Labute approximate surface area is 300 Å². The van der Waals surface area contributed by atoms with Gasteiger partial charge in [0, 0.05) is 68.4 Å². The van der Waals surface area contributed by atoms with Crippen molar-refractivity contribution in [3.05, 3.63) is 0 Å². The van der Waals surface area contributed by atoms with Gasteiger partial charge in [0.25, 0.3) is 0 Å². The second-order valence-corrected chi connectivity index (χ2v) is 20.7. The molecule has 0 bridgehead atoms. The van der Waals surface area contributed by atoms with E-state index in [1.807, 2.05) is 47.0 Å². The fourth-order valence-electron chi connectivity index (χ4n) is 2.55. The molecule has 8 nitrogen and oxygen atoms in total. The number of hydrogen-bond donors (Lipinski definition) is 2. The Bertz CT molecular complexity index is 616. The second-order valence-electron chi connectivity index (χ2n) is 8.02. The summed E-state index contributed by atoms with van der Waals surface area (Å²) < 4.78 is 17.3. The summed E-state index contributed by atoms with van der Waals surface area (Å²) in [7, 11) is 0. The molecule has 0 heterocycles. The number of carbonyl (C=O) groups excluding carboxylic acids is 2. The van der Waals surface area contributed by atoms with E-state index in [4.69, 9.17) is 24.7 Å². The van der Waals surface area contributed by atoms with Crippen LogP contribution in [0.25, 0.3) is 0 Å². The molecule has 18 heteroatoms. The number of aliphatic hydroxyl groups excluding tert-OH is 2. The van der Waals surface area contributed by atoms with Crippen LogP contribution in [-0.4, -0.2) is 136 Å². The number of thioether (sulfide) groups is 9. The summed E-state index contributed by atoms with van der Waals surface area (Å²) >= 11 is 14.3. The van der Waals surface area contributed by atoms with E-state index in [2.05, 4.69) is 0 Å². The smallest absolute Gasteiger partial charge is 0.306 e. The van der Waals surface area contributed by atoms with Gasteiger partial charge in [0.1, 0.15) is 18.1 Å². The van der Waals surface area contributed by atoms with Crippen molar-refractivity contribution in [3.8, 4) is 0 Å². The van der Waals surface area contributed by atoms with Crippen molar-refractivity contribution in [2.45, 2.75) is 25.7 Å². The lowest BCUT2D eigenvalue weighted by Gasteiger charge is -2.10. The summed E-state index contributed by atoms with van der Waals surface area (Å²) in [6.45, 7) is 1.41. The molecule has 0 rings (SSSR count). The Hall–Kier alpha value is 2.44. The zero-order valence-corrected chi connectivity index (χ0v) is 32.9. The highest BCUT2D eigenvalue weighted by Crippen LogP contribution is 2.19. The number of esters is 1. The van der Waals surface area contributed by atoms with Gasteiger partial charge in [-0.3, -0.25) is 9.59 Å². The minimum atomic E-state index is -0.764. The number of hydrogen-bond acceptors (Lipinski definition) is 17. The largest absolute Gasteiger partial charge is 0.616 e. The van der Waals surface area contributed by atoms with Crippen molar-refractivity contribution in [2.75, 3.05) is 110 Å². The Morgan fingerprint density at radius 1 is 0.581 bits per heavy atom. The molecule has 0 saturated carbocycles. The van der Waals surface area contributed by atoms with E-state index in [-0.39, 0.29) is 23.0 Å². The van der Waals surface area contributed by atoms with Gasteiger partial charge >= 0.3 is 5.97 Å². The van der Waals surface area contributed by atoms with Crippen LogP contribution in [0.1, 0.15) is 25.7 Å². The van der Waals surface area contributed by atoms with E-state index >= 15 is 0 Å². The van der Waals surface area contributed by atoms with Crippen LogP contribution in [0.5, 0.6) is 0 Å². The first-order valence-electron chi connectivity index (χ1n) is 13.8. The Balaban J connectivity index is 3.29. The average molecular weight is 797 g/mol. The van der Waals surface area contributed by atoms with Crippen molar-refractivity contribution in [3.63, 3.8) is 0 Å². The quantitative estimate of drug-likeness (QED) is 0.0204. The summed E-state index contributed by atoms with van der Waals surface area (Å²) in [5.74, 6) is 9.12. The van der Waals surface area contributed by atoms with Crippen molar-refractivity contribution < 1.29 is 38.9 Å². The average Bonchev–Trinajstić information content (AvgIpc) is 3.00. The van der Waals surface area contributed by atoms with Crippen LogP contribution in [-0.2, 0) is 35.3 Å². The molecule has 0 aromatic carbocycles. The topological polar surface area (TPSA) is 125 Å². The highest BCUT2D eigenvalue weighted by Gasteiger charge is 2.07. The number of rotatable bonds is 35. The third-order valence-electron chi connectivity index (χ3n) is 4.59. The third-order valence-corrected chi connectivity index (χ3v) is 15.8. The van der Waals surface area contributed by atoms with Crippen molar-refractivity contribution in [1.29, 1.82) is 0 Å². The first-order chi connectivity index (χ1) is 21.1. The van der Waals surface area contributed by atoms with Gasteiger partial charge in [0.15, 0.2) is 5.12 Å². The molecule has 0 spiro atoms. The lowest BCUT2D eigenvalue weighted by atomic mass is 10.5. The van der Waals surface area contributed by atoms with Crippen LogP contribution in [0.4, 0.5) is 0 Å².